The molecule has 13 heteroatoms. The van der Waals surface area contributed by atoms with Crippen LogP contribution in [0, 0.1) is 11.6 Å². The number of methoxy groups -OCH3 is 1. The van der Waals surface area contributed by atoms with Crippen molar-refractivity contribution in [2.24, 2.45) is 0 Å². The molecule has 4 rings (SSSR count). The van der Waals surface area contributed by atoms with Crippen molar-refractivity contribution >= 4 is 29.2 Å². The maximum atomic E-state index is 15.2. The van der Waals surface area contributed by atoms with E-state index >= 15 is 8.78 Å². The van der Waals surface area contributed by atoms with Crippen LogP contribution in [0.5, 0.6) is 5.75 Å². The molecule has 200 valence electrons. The van der Waals surface area contributed by atoms with E-state index in [1.807, 2.05) is 0 Å². The van der Waals surface area contributed by atoms with Crippen molar-refractivity contribution in [3.05, 3.63) is 86.9 Å². The van der Waals surface area contributed by atoms with Gasteiger partial charge in [0.25, 0.3) is 23.8 Å². The van der Waals surface area contributed by atoms with Gasteiger partial charge in [-0.05, 0) is 31.2 Å². The molecule has 0 spiro atoms. The molecule has 1 fully saturated rings. The van der Waals surface area contributed by atoms with E-state index in [1.165, 1.54) is 38.3 Å². The maximum Gasteiger partial charge on any atom is 0.294 e. The van der Waals surface area contributed by atoms with E-state index in [0.717, 1.165) is 29.4 Å². The zero-order chi connectivity index (χ0) is 27.7. The number of carbonyl (C=O) groups is 2. The number of hydrogen-bond donors (Lipinski definition) is 1. The van der Waals surface area contributed by atoms with Crippen LogP contribution >= 0.6 is 11.6 Å². The van der Waals surface area contributed by atoms with Crippen LogP contribution in [-0.2, 0) is 11.3 Å². The number of hydrogen-bond acceptors (Lipinski definition) is 5. The Morgan fingerprint density at radius 1 is 1.16 bits per heavy atom. The summed E-state index contributed by atoms with van der Waals surface area (Å²) in [6.45, 7) is 0.457. The third-order valence-electron chi connectivity index (χ3n) is 6.26. The summed E-state index contributed by atoms with van der Waals surface area (Å²) in [5.41, 5.74) is -1.42. The normalized spacial score (nSPS) is 19.2. The number of ether oxygens (including phenoxy) is 1. The van der Waals surface area contributed by atoms with Crippen LogP contribution in [0.1, 0.15) is 28.8 Å². The van der Waals surface area contributed by atoms with Crippen LogP contribution in [0.3, 0.4) is 0 Å². The van der Waals surface area contributed by atoms with Gasteiger partial charge >= 0.3 is 0 Å². The van der Waals surface area contributed by atoms with Crippen molar-refractivity contribution in [1.82, 2.24) is 14.9 Å². The fraction of sp³-hybridized carbons (Fsp3) is 0.280. The minimum absolute atomic E-state index is 0.111. The van der Waals surface area contributed by atoms with Gasteiger partial charge in [0.2, 0.25) is 5.82 Å². The number of carbonyl (C=O) groups excluding carboxylic acids is 2. The average molecular weight is 553 g/mol. The second-order valence-electron chi connectivity index (χ2n) is 8.54. The van der Waals surface area contributed by atoms with Crippen LogP contribution in [0.25, 0.3) is 0 Å². The Morgan fingerprint density at radius 2 is 1.79 bits per heavy atom. The van der Waals surface area contributed by atoms with Crippen LogP contribution in [-0.4, -0.2) is 47.0 Å². The van der Waals surface area contributed by atoms with Crippen LogP contribution in [0.2, 0.25) is 5.02 Å². The lowest BCUT2D eigenvalue weighted by atomic mass is 9.87. The SMILES string of the molecule is COc1cc(F)c([C@H]2[C@H](NC(=O)c3ccc(Cl)cc3)C(=O)N(c3nccn(CC(F)F)c3=O)[C@@H]2C)c(F)c1. The number of nitrogens with zero attached hydrogens (tertiary/aromatic N) is 3. The molecule has 1 N–H and O–H groups in total. The molecule has 1 aliphatic rings. The number of aromatic nitrogens is 2. The van der Waals surface area contributed by atoms with Gasteiger partial charge in [0.15, 0.2) is 0 Å². The fourth-order valence-corrected chi connectivity index (χ4v) is 4.64. The second kappa shape index (κ2) is 10.8. The highest BCUT2D eigenvalue weighted by Crippen LogP contribution is 2.39. The van der Waals surface area contributed by atoms with Crippen molar-refractivity contribution in [3.63, 3.8) is 0 Å². The molecule has 1 aliphatic heterocycles. The molecule has 2 amide bonds. The average Bonchev–Trinajstić information content (AvgIpc) is 3.09. The van der Waals surface area contributed by atoms with Crippen molar-refractivity contribution in [3.8, 4) is 5.75 Å². The minimum Gasteiger partial charge on any atom is -0.497 e. The zero-order valence-corrected chi connectivity index (χ0v) is 20.8. The standard InChI is InChI=1S/C25H21ClF4N4O4/c1-12-19(20-16(27)9-15(38-2)10-17(20)28)21(32-23(35)13-3-5-14(26)6-4-13)24(36)34(12)22-25(37)33(8-7-31-22)11-18(29)30/h3-10,12,18-19,21H,11H2,1-2H3,(H,32,35)/t12-,19+,21+/m1/s1. The quantitative estimate of drug-likeness (QED) is 0.451. The number of halogens is 5. The Morgan fingerprint density at radius 3 is 2.37 bits per heavy atom. The van der Waals surface area contributed by atoms with E-state index in [9.17, 15) is 23.2 Å². The Hall–Kier alpha value is -3.93. The van der Waals surface area contributed by atoms with Gasteiger partial charge in [-0.3, -0.25) is 19.3 Å². The molecule has 1 aromatic heterocycles. The van der Waals surface area contributed by atoms with Gasteiger partial charge in [0.05, 0.1) is 13.7 Å². The first-order valence-electron chi connectivity index (χ1n) is 11.3. The van der Waals surface area contributed by atoms with E-state index in [-0.39, 0.29) is 11.3 Å². The lowest BCUT2D eigenvalue weighted by Gasteiger charge is -2.25. The Bertz CT molecular complexity index is 1410. The Labute approximate surface area is 218 Å². The fourth-order valence-electron chi connectivity index (χ4n) is 4.52. The monoisotopic (exact) mass is 552 g/mol. The predicted octanol–water partition coefficient (Wildman–Crippen LogP) is 3.77. The van der Waals surface area contributed by atoms with Crippen molar-refractivity contribution in [2.75, 3.05) is 12.0 Å². The molecule has 2 heterocycles. The summed E-state index contributed by atoms with van der Waals surface area (Å²) in [5.74, 6) is -5.71. The van der Waals surface area contributed by atoms with E-state index in [1.54, 1.807) is 0 Å². The van der Waals surface area contributed by atoms with Gasteiger partial charge in [0.1, 0.15) is 23.4 Å². The Kier molecular flexibility index (Phi) is 7.72. The number of amides is 2. The topological polar surface area (TPSA) is 93.5 Å². The second-order valence-corrected chi connectivity index (χ2v) is 8.97. The van der Waals surface area contributed by atoms with Gasteiger partial charge < -0.3 is 14.6 Å². The van der Waals surface area contributed by atoms with Crippen LogP contribution < -0.4 is 20.5 Å². The lowest BCUT2D eigenvalue weighted by molar-refractivity contribution is -0.118. The highest BCUT2D eigenvalue weighted by Gasteiger charge is 2.51. The molecule has 0 bridgehead atoms. The highest BCUT2D eigenvalue weighted by molar-refractivity contribution is 6.30. The zero-order valence-electron chi connectivity index (χ0n) is 20.0. The van der Waals surface area contributed by atoms with E-state index in [2.05, 4.69) is 10.3 Å². The highest BCUT2D eigenvalue weighted by atomic mass is 35.5. The third-order valence-corrected chi connectivity index (χ3v) is 6.51. The molecule has 1 saturated heterocycles. The number of rotatable bonds is 7. The van der Waals surface area contributed by atoms with Gasteiger partial charge in [-0.15, -0.1) is 0 Å². The number of nitrogens with one attached hydrogen (secondary N) is 1. The first-order chi connectivity index (χ1) is 18.0. The maximum absolute atomic E-state index is 15.2. The molecule has 3 atom stereocenters. The first kappa shape index (κ1) is 27.1. The van der Waals surface area contributed by atoms with Crippen molar-refractivity contribution < 1.29 is 31.9 Å². The third kappa shape index (κ3) is 5.08. The summed E-state index contributed by atoms with van der Waals surface area (Å²) in [4.78, 5) is 44.3. The molecule has 0 radical (unpaired) electrons. The summed E-state index contributed by atoms with van der Waals surface area (Å²) in [6.07, 6.45) is -0.776. The summed E-state index contributed by atoms with van der Waals surface area (Å²) in [6, 6.07) is 4.85. The first-order valence-corrected chi connectivity index (χ1v) is 11.7. The molecule has 3 aromatic rings. The lowest BCUT2D eigenvalue weighted by Crippen LogP contribution is -2.45. The molecule has 2 aromatic carbocycles. The van der Waals surface area contributed by atoms with Crippen LogP contribution in [0.15, 0.2) is 53.6 Å². The van der Waals surface area contributed by atoms with Crippen LogP contribution in [0.4, 0.5) is 23.4 Å². The smallest absolute Gasteiger partial charge is 0.294 e. The molecule has 0 saturated carbocycles. The van der Waals surface area contributed by atoms with Gasteiger partial charge in [-0.1, -0.05) is 11.6 Å². The number of benzene rings is 2. The minimum atomic E-state index is -2.86. The Balaban J connectivity index is 1.82. The summed E-state index contributed by atoms with van der Waals surface area (Å²) in [5, 5.41) is 2.85. The van der Waals surface area contributed by atoms with Gasteiger partial charge in [-0.25, -0.2) is 22.5 Å². The molecule has 38 heavy (non-hydrogen) atoms. The molecular weight excluding hydrogens is 532 g/mol. The largest absolute Gasteiger partial charge is 0.497 e. The number of alkyl halides is 2. The molecule has 0 aliphatic carbocycles. The summed E-state index contributed by atoms with van der Waals surface area (Å²) < 4.78 is 61.9. The van der Waals surface area contributed by atoms with Gasteiger partial charge in [0, 0.05) is 52.6 Å². The molecule has 0 unspecified atom stereocenters. The van der Waals surface area contributed by atoms with Crippen molar-refractivity contribution in [2.45, 2.75) is 37.9 Å². The molecule has 8 nitrogen and oxygen atoms in total. The summed E-state index contributed by atoms with van der Waals surface area (Å²) in [7, 11) is 1.22. The van der Waals surface area contributed by atoms with E-state index < -0.39 is 71.4 Å². The summed E-state index contributed by atoms with van der Waals surface area (Å²) >= 11 is 5.87. The van der Waals surface area contributed by atoms with Gasteiger partial charge in [-0.2, -0.15) is 0 Å². The number of anilines is 1. The van der Waals surface area contributed by atoms with E-state index in [4.69, 9.17) is 16.3 Å². The molecular formula is C25H21ClF4N4O4. The predicted molar refractivity (Wildman–Crippen MR) is 130 cm³/mol. The van der Waals surface area contributed by atoms with E-state index in [0.29, 0.717) is 9.59 Å². The van der Waals surface area contributed by atoms with Crippen molar-refractivity contribution in [1.29, 1.82) is 0 Å².